The predicted molar refractivity (Wildman–Crippen MR) is 4.12 cm³/mol. The fraction of sp³-hybridized carbons (Fsp3) is 0. The van der Waals surface area contributed by atoms with E-state index in [1.165, 1.54) is 0 Å². The van der Waals surface area contributed by atoms with Gasteiger partial charge in [0.2, 0.25) is 0 Å². The zero-order valence-electron chi connectivity index (χ0n) is 6.33. The molecule has 0 saturated heterocycles. The van der Waals surface area contributed by atoms with Gasteiger partial charge in [0.05, 0.1) is 0 Å². The zero-order valence-corrected chi connectivity index (χ0v) is 11.5. The maximum absolute atomic E-state index is 8.56. The van der Waals surface area contributed by atoms with Gasteiger partial charge in [-0.1, -0.05) is 0 Å². The van der Waals surface area contributed by atoms with E-state index in [9.17, 15) is 0 Å². The van der Waals surface area contributed by atoms with Gasteiger partial charge in [0.15, 0.2) is 0 Å². The molecule has 0 spiro atoms. The number of hydrogen-bond acceptors (Lipinski definition) is 9. The quantitative estimate of drug-likeness (QED) is 0.379. The van der Waals surface area contributed by atoms with Crippen molar-refractivity contribution < 1.29 is 116 Å². The van der Waals surface area contributed by atoms with Crippen molar-refractivity contribution in [2.45, 2.75) is 0 Å². The van der Waals surface area contributed by atoms with Gasteiger partial charge in [-0.2, -0.15) is 0 Å². The van der Waals surface area contributed by atoms with Crippen LogP contribution in [0.4, 0.5) is 0 Å². The SMILES string of the molecule is [Li+].[Ni+2].[O]=[V](=[O])[O-].[O]=[V](=[O])[O-].[O]=[V](=[O])[O-]. The van der Waals surface area contributed by atoms with Crippen molar-refractivity contribution in [2.75, 3.05) is 0 Å². The van der Waals surface area contributed by atoms with E-state index >= 15 is 0 Å². The molecule has 0 bridgehead atoms. The summed E-state index contributed by atoms with van der Waals surface area (Å²) in [6.45, 7) is 0. The van der Waals surface area contributed by atoms with Gasteiger partial charge >= 0.3 is 116 Å². The molecule has 14 heavy (non-hydrogen) atoms. The first-order valence-corrected chi connectivity index (χ1v) is 6.77. The van der Waals surface area contributed by atoms with Gasteiger partial charge in [-0.25, -0.2) is 0 Å². The third kappa shape index (κ3) is 913. The van der Waals surface area contributed by atoms with Crippen LogP contribution in [-0.4, -0.2) is 0 Å². The molecular weight excluding hydrogens is 362 g/mol. The molecule has 0 aliphatic heterocycles. The van der Waals surface area contributed by atoms with Crippen molar-refractivity contribution in [1.82, 2.24) is 0 Å². The van der Waals surface area contributed by atoms with E-state index in [1.54, 1.807) is 0 Å². The first-order chi connectivity index (χ1) is 5.20. The Hall–Kier alpha value is 1.52. The first kappa shape index (κ1) is 29.6. The fourth-order valence-corrected chi connectivity index (χ4v) is 0. The van der Waals surface area contributed by atoms with Crippen LogP contribution in [0.2, 0.25) is 0 Å². The van der Waals surface area contributed by atoms with E-state index in [1.807, 2.05) is 0 Å². The van der Waals surface area contributed by atoms with Crippen LogP contribution < -0.4 is 31.0 Å². The second-order valence-electron chi connectivity index (χ2n) is 0.671. The summed E-state index contributed by atoms with van der Waals surface area (Å²) in [5, 5.41) is 0. The van der Waals surface area contributed by atoms with Crippen LogP contribution in [0.3, 0.4) is 0 Å². The van der Waals surface area contributed by atoms with Crippen LogP contribution in [0.5, 0.6) is 0 Å². The molecule has 9 nitrogen and oxygen atoms in total. The molecule has 0 rings (SSSR count). The third-order valence-electron chi connectivity index (χ3n) is 0. The van der Waals surface area contributed by atoms with E-state index in [-0.39, 0.29) is 35.4 Å². The molecule has 0 aromatic heterocycles. The monoisotopic (exact) mass is 362 g/mol. The zero-order chi connectivity index (χ0) is 10.7. The molecule has 0 saturated carbocycles. The van der Waals surface area contributed by atoms with Crippen LogP contribution in [0.25, 0.3) is 0 Å². The standard InChI is InChI=1S/Li.Ni.9O.3V/q+1;+2;;;;;;;3*-1;;;. The van der Waals surface area contributed by atoms with Crippen LogP contribution >= 0.6 is 0 Å². The molecular formula is LiNiO9V3. The minimum absolute atomic E-state index is 0. The topological polar surface area (TPSA) is 172 Å². The molecule has 0 unspecified atom stereocenters. The Morgan fingerprint density at radius 3 is 0.571 bits per heavy atom. The number of rotatable bonds is 0. The fourth-order valence-electron chi connectivity index (χ4n) is 0. The van der Waals surface area contributed by atoms with E-state index in [4.69, 9.17) is 34.1 Å². The maximum atomic E-state index is 8.56. The predicted octanol–water partition coefficient (Wildman–Crippen LogP) is -7.29. The molecule has 0 heterocycles. The molecule has 0 aliphatic rings. The molecule has 80 valence electrons. The summed E-state index contributed by atoms with van der Waals surface area (Å²) in [6, 6.07) is 0. The Kier molecular flexibility index (Phi) is 50.7. The summed E-state index contributed by atoms with van der Waals surface area (Å²) in [4.78, 5) is 0. The Balaban J connectivity index is -0.0000000270. The Morgan fingerprint density at radius 1 is 0.571 bits per heavy atom. The molecule has 0 N–H and O–H groups in total. The van der Waals surface area contributed by atoms with Gasteiger partial charge in [0, 0.05) is 0 Å². The van der Waals surface area contributed by atoms with E-state index in [2.05, 4.69) is 0 Å². The third-order valence-corrected chi connectivity index (χ3v) is 0. The van der Waals surface area contributed by atoms with Gasteiger partial charge in [-0.3, -0.25) is 0 Å². The van der Waals surface area contributed by atoms with Crippen LogP contribution in [0, 0.1) is 0 Å². The molecule has 0 aromatic carbocycles. The van der Waals surface area contributed by atoms with E-state index < -0.39 is 46.2 Å². The second-order valence-corrected chi connectivity index (χ2v) is 2.77. The van der Waals surface area contributed by atoms with E-state index in [0.29, 0.717) is 0 Å². The molecule has 0 aromatic rings. The summed E-state index contributed by atoms with van der Waals surface area (Å²) in [7, 11) is 0. The van der Waals surface area contributed by atoms with Crippen LogP contribution in [0.15, 0.2) is 0 Å². The van der Waals surface area contributed by atoms with Crippen molar-refractivity contribution in [1.29, 1.82) is 0 Å². The molecule has 0 amide bonds. The van der Waals surface area contributed by atoms with Crippen molar-refractivity contribution in [3.05, 3.63) is 0 Å². The van der Waals surface area contributed by atoms with Crippen molar-refractivity contribution in [2.24, 2.45) is 0 Å². The number of hydrogen-bond donors (Lipinski definition) is 0. The Morgan fingerprint density at radius 2 is 0.571 bits per heavy atom. The van der Waals surface area contributed by atoms with Crippen LogP contribution in [0.1, 0.15) is 0 Å². The van der Waals surface area contributed by atoms with Gasteiger partial charge < -0.3 is 0 Å². The molecule has 0 atom stereocenters. The van der Waals surface area contributed by atoms with Gasteiger partial charge in [-0.15, -0.1) is 0 Å². The summed E-state index contributed by atoms with van der Waals surface area (Å²) >= 11 is -11.8. The van der Waals surface area contributed by atoms with Crippen molar-refractivity contribution in [3.8, 4) is 0 Å². The Labute approximate surface area is 114 Å². The molecule has 0 radical (unpaired) electrons. The van der Waals surface area contributed by atoms with Gasteiger partial charge in [0.25, 0.3) is 0 Å². The molecule has 0 fully saturated rings. The normalized spacial score (nSPS) is 5.36. The second kappa shape index (κ2) is 24.0. The minimum atomic E-state index is -3.94. The molecule has 14 heteroatoms. The van der Waals surface area contributed by atoms with Crippen LogP contribution in [-0.2, 0) is 84.7 Å². The Bertz CT molecular complexity index is 213. The van der Waals surface area contributed by atoms with Crippen molar-refractivity contribution >= 4 is 0 Å². The van der Waals surface area contributed by atoms with Crippen molar-refractivity contribution in [3.63, 3.8) is 0 Å². The van der Waals surface area contributed by atoms with Gasteiger partial charge in [0.1, 0.15) is 0 Å². The molecule has 0 aliphatic carbocycles. The van der Waals surface area contributed by atoms with Gasteiger partial charge in [-0.05, 0) is 0 Å². The van der Waals surface area contributed by atoms with E-state index in [0.717, 1.165) is 0 Å². The summed E-state index contributed by atoms with van der Waals surface area (Å²) in [5.74, 6) is 0. The summed E-state index contributed by atoms with van der Waals surface area (Å²) in [5.41, 5.74) is 0. The average molecular weight is 362 g/mol. The average Bonchev–Trinajstić information content (AvgIpc) is 1.54. The first-order valence-electron chi connectivity index (χ1n) is 1.64. The summed E-state index contributed by atoms with van der Waals surface area (Å²) in [6.07, 6.45) is 0. The summed E-state index contributed by atoms with van der Waals surface area (Å²) < 4.78 is 77.1.